The number of benzene rings is 2. The predicted octanol–water partition coefficient (Wildman–Crippen LogP) is 2.55. The van der Waals surface area contributed by atoms with E-state index in [1.54, 1.807) is 42.6 Å². The third-order valence-corrected chi connectivity index (χ3v) is 5.11. The van der Waals surface area contributed by atoms with Crippen LogP contribution in [0.3, 0.4) is 0 Å². The molecule has 12 heteroatoms. The lowest BCUT2D eigenvalue weighted by Crippen LogP contribution is -2.32. The number of rotatable bonds is 5. The van der Waals surface area contributed by atoms with Crippen molar-refractivity contribution in [3.05, 3.63) is 80.9 Å². The molecule has 168 valence electrons. The van der Waals surface area contributed by atoms with Crippen molar-refractivity contribution in [1.82, 2.24) is 10.3 Å². The molecule has 1 unspecified atom stereocenters. The fraction of sp³-hybridized carbons (Fsp3) is 0.0909. The fourth-order valence-electron chi connectivity index (χ4n) is 3.45. The maximum Gasteiger partial charge on any atom is 0.269 e. The molecule has 12 nitrogen and oxygen atoms in total. The molecule has 0 amide bonds. The number of nitro groups is 1. The van der Waals surface area contributed by atoms with Crippen LogP contribution in [0.25, 0.3) is 0 Å². The van der Waals surface area contributed by atoms with Crippen LogP contribution in [0.4, 0.5) is 23.0 Å². The van der Waals surface area contributed by atoms with Crippen LogP contribution in [0.2, 0.25) is 0 Å². The molecule has 2 heterocycles. The van der Waals surface area contributed by atoms with Gasteiger partial charge in [-0.3, -0.25) is 15.4 Å². The number of pyridine rings is 1. The molecule has 1 aromatic heterocycles. The largest absolute Gasteiger partial charge is 0.489 e. The van der Waals surface area contributed by atoms with Crippen LogP contribution in [0.15, 0.2) is 53.5 Å². The number of nitro benzene ring substituents is 1. The molecule has 3 aromatic rings. The number of nitrogen functional groups attached to an aromatic ring is 2. The Morgan fingerprint density at radius 2 is 1.85 bits per heavy atom. The van der Waals surface area contributed by atoms with Crippen LogP contribution in [0.1, 0.15) is 28.3 Å². The Balaban J connectivity index is 1.60. The maximum absolute atomic E-state index is 10.8. The molecular formula is C22H17N9O3. The molecule has 1 aliphatic rings. The number of hydrogen-bond acceptors (Lipinski definition) is 11. The standard InChI is InChI=1S/C22H17N9O3/c23-9-16-18(25)17-19(28-22(27-11-24)30-21(17)29-20(16)26)13-3-7-15(8-4-13)34-10-12-1-5-14(6-2-12)31(32)33/h1-8,19H,10H2,(H6,25,26,27,28,29,30). The summed E-state index contributed by atoms with van der Waals surface area (Å²) >= 11 is 0. The van der Waals surface area contributed by atoms with E-state index in [1.165, 1.54) is 12.1 Å². The van der Waals surface area contributed by atoms with E-state index in [0.717, 1.165) is 5.56 Å². The zero-order chi connectivity index (χ0) is 24.2. The number of hydrogen-bond donors (Lipinski definition) is 4. The Morgan fingerprint density at radius 3 is 2.47 bits per heavy atom. The van der Waals surface area contributed by atoms with E-state index >= 15 is 0 Å². The van der Waals surface area contributed by atoms with Crippen LogP contribution in [-0.4, -0.2) is 15.9 Å². The van der Waals surface area contributed by atoms with E-state index in [1.807, 2.05) is 6.07 Å². The Bertz CT molecular complexity index is 1370. The van der Waals surface area contributed by atoms with Gasteiger partial charge in [-0.15, -0.1) is 0 Å². The zero-order valence-electron chi connectivity index (χ0n) is 17.5. The first-order valence-corrected chi connectivity index (χ1v) is 9.86. The van der Waals surface area contributed by atoms with Crippen molar-refractivity contribution in [3.8, 4) is 18.0 Å². The molecule has 2 aromatic carbocycles. The zero-order valence-corrected chi connectivity index (χ0v) is 17.5. The molecule has 0 spiro atoms. The number of ether oxygens (including phenoxy) is 1. The highest BCUT2D eigenvalue weighted by Gasteiger charge is 2.29. The first-order valence-electron chi connectivity index (χ1n) is 9.86. The minimum atomic E-state index is -0.656. The molecular weight excluding hydrogens is 438 g/mol. The van der Waals surface area contributed by atoms with E-state index in [4.69, 9.17) is 21.5 Å². The van der Waals surface area contributed by atoms with E-state index in [0.29, 0.717) is 22.7 Å². The summed E-state index contributed by atoms with van der Waals surface area (Å²) in [4.78, 5) is 19.0. The average molecular weight is 455 g/mol. The summed E-state index contributed by atoms with van der Waals surface area (Å²) in [5, 5.41) is 34.5. The quantitative estimate of drug-likeness (QED) is 0.192. The predicted molar refractivity (Wildman–Crippen MR) is 123 cm³/mol. The molecule has 0 radical (unpaired) electrons. The number of nitrogens with two attached hydrogens (primary N) is 2. The molecule has 0 saturated heterocycles. The summed E-state index contributed by atoms with van der Waals surface area (Å²) < 4.78 is 5.77. The summed E-state index contributed by atoms with van der Waals surface area (Å²) in [6.07, 6.45) is 1.80. The van der Waals surface area contributed by atoms with Crippen molar-refractivity contribution in [2.24, 2.45) is 4.99 Å². The molecule has 0 aliphatic carbocycles. The Hall–Kier alpha value is -5.36. The lowest BCUT2D eigenvalue weighted by atomic mass is 9.95. The van der Waals surface area contributed by atoms with Crippen LogP contribution in [0, 0.1) is 32.9 Å². The number of nitrogens with one attached hydrogen (secondary N) is 2. The topological polar surface area (TPSA) is 201 Å². The van der Waals surface area contributed by atoms with Crippen molar-refractivity contribution < 1.29 is 9.66 Å². The highest BCUT2D eigenvalue weighted by atomic mass is 16.6. The molecule has 4 rings (SSSR count). The number of aromatic nitrogens is 1. The van der Waals surface area contributed by atoms with Crippen molar-refractivity contribution in [3.63, 3.8) is 0 Å². The van der Waals surface area contributed by atoms with Gasteiger partial charge in [0.1, 0.15) is 41.7 Å². The summed E-state index contributed by atoms with van der Waals surface area (Å²) in [5.74, 6) is 0.995. The average Bonchev–Trinajstić information content (AvgIpc) is 2.83. The number of guanidine groups is 1. The number of anilines is 3. The van der Waals surface area contributed by atoms with Crippen LogP contribution in [0.5, 0.6) is 5.75 Å². The second-order valence-corrected chi connectivity index (χ2v) is 7.18. The van der Waals surface area contributed by atoms with Gasteiger partial charge in [0.05, 0.1) is 10.6 Å². The summed E-state index contributed by atoms with van der Waals surface area (Å²) in [7, 11) is 0. The number of non-ortho nitro benzene ring substituents is 1. The van der Waals surface area contributed by atoms with Gasteiger partial charge in [0, 0.05) is 17.7 Å². The highest BCUT2D eigenvalue weighted by Crippen LogP contribution is 2.40. The van der Waals surface area contributed by atoms with E-state index in [-0.39, 0.29) is 35.3 Å². The summed E-state index contributed by atoms with van der Waals surface area (Å²) in [6, 6.07) is 14.4. The lowest BCUT2D eigenvalue weighted by Gasteiger charge is -2.26. The lowest BCUT2D eigenvalue weighted by molar-refractivity contribution is -0.384. The van der Waals surface area contributed by atoms with Crippen LogP contribution >= 0.6 is 0 Å². The second-order valence-electron chi connectivity index (χ2n) is 7.18. The van der Waals surface area contributed by atoms with Gasteiger partial charge in [-0.05, 0) is 35.4 Å². The van der Waals surface area contributed by atoms with E-state index < -0.39 is 11.0 Å². The minimum Gasteiger partial charge on any atom is -0.489 e. The van der Waals surface area contributed by atoms with Crippen molar-refractivity contribution >= 4 is 29.0 Å². The van der Waals surface area contributed by atoms with Gasteiger partial charge in [-0.25, -0.2) is 9.98 Å². The number of fused-ring (bicyclic) bond motifs is 1. The molecule has 0 saturated carbocycles. The van der Waals surface area contributed by atoms with Gasteiger partial charge in [0.2, 0.25) is 5.96 Å². The molecule has 0 fully saturated rings. The van der Waals surface area contributed by atoms with Gasteiger partial charge in [0.25, 0.3) is 5.69 Å². The smallest absolute Gasteiger partial charge is 0.269 e. The highest BCUT2D eigenvalue weighted by molar-refractivity contribution is 5.98. The normalized spacial score (nSPS) is 13.9. The van der Waals surface area contributed by atoms with Gasteiger partial charge < -0.3 is 21.5 Å². The van der Waals surface area contributed by atoms with Crippen molar-refractivity contribution in [2.75, 3.05) is 16.8 Å². The molecule has 1 aliphatic heterocycles. The van der Waals surface area contributed by atoms with Crippen molar-refractivity contribution in [1.29, 1.82) is 10.5 Å². The summed E-state index contributed by atoms with van der Waals surface area (Å²) in [6.45, 7) is 0.226. The third-order valence-electron chi connectivity index (χ3n) is 5.11. The number of nitriles is 2. The van der Waals surface area contributed by atoms with Crippen molar-refractivity contribution in [2.45, 2.75) is 12.6 Å². The SMILES string of the molecule is N#CNC1=NC(c2ccc(OCc3ccc([N+](=O)[O-])cc3)cc2)c2c(nc(N)c(C#N)c2N)N1. The van der Waals surface area contributed by atoms with Gasteiger partial charge >= 0.3 is 0 Å². The first kappa shape index (κ1) is 21.9. The number of aliphatic imine (C=N–C) groups is 1. The van der Waals surface area contributed by atoms with Gasteiger partial charge in [-0.1, -0.05) is 12.1 Å². The van der Waals surface area contributed by atoms with E-state index in [2.05, 4.69) is 20.6 Å². The Labute approximate surface area is 193 Å². The van der Waals surface area contributed by atoms with Crippen LogP contribution in [-0.2, 0) is 6.61 Å². The number of nitrogens with zero attached hydrogens (tertiary/aromatic N) is 5. The second kappa shape index (κ2) is 9.02. The third kappa shape index (κ3) is 4.19. The van der Waals surface area contributed by atoms with Gasteiger partial charge in [-0.2, -0.15) is 10.5 Å². The van der Waals surface area contributed by atoms with Crippen LogP contribution < -0.4 is 26.8 Å². The molecule has 34 heavy (non-hydrogen) atoms. The summed E-state index contributed by atoms with van der Waals surface area (Å²) in [5.41, 5.74) is 14.3. The van der Waals surface area contributed by atoms with E-state index in [9.17, 15) is 15.4 Å². The molecule has 6 N–H and O–H groups in total. The molecule has 0 bridgehead atoms. The molecule has 1 atom stereocenters. The van der Waals surface area contributed by atoms with Gasteiger partial charge in [0.15, 0.2) is 6.19 Å². The fourth-order valence-corrected chi connectivity index (χ4v) is 3.45. The maximum atomic E-state index is 10.8. The Kier molecular flexibility index (Phi) is 5.80. The first-order chi connectivity index (χ1) is 16.4. The minimum absolute atomic E-state index is 0.0104. The Morgan fingerprint density at radius 1 is 1.15 bits per heavy atom. The monoisotopic (exact) mass is 455 g/mol.